The fourth-order valence-corrected chi connectivity index (χ4v) is 4.62. The number of carbonyl (C=O) groups is 2. The van der Waals surface area contributed by atoms with E-state index in [-0.39, 0.29) is 18.2 Å². The van der Waals surface area contributed by atoms with Gasteiger partial charge in [-0.25, -0.2) is 13.2 Å². The van der Waals surface area contributed by atoms with Crippen molar-refractivity contribution < 1.29 is 31.9 Å². The molecule has 1 aromatic carbocycles. The Morgan fingerprint density at radius 2 is 2.08 bits per heavy atom. The third-order valence-electron chi connectivity index (χ3n) is 5.23. The average Bonchev–Trinajstić information content (AvgIpc) is 3.13. The third-order valence-corrected chi connectivity index (χ3v) is 6.61. The van der Waals surface area contributed by atoms with Crippen LogP contribution in [-0.4, -0.2) is 49.3 Å². The topological polar surface area (TPSA) is 104 Å². The summed E-state index contributed by atoms with van der Waals surface area (Å²) >= 11 is 0. The first-order valence-electron chi connectivity index (χ1n) is 8.08. The van der Waals surface area contributed by atoms with Gasteiger partial charge in [0.1, 0.15) is 0 Å². The molecule has 1 aliphatic heterocycles. The molecular weight excluding hydrogens is 370 g/mol. The Balaban J connectivity index is 1.75. The molecular formula is C16H18F2N2O5S. The van der Waals surface area contributed by atoms with E-state index in [9.17, 15) is 31.9 Å². The minimum atomic E-state index is -4.76. The quantitative estimate of drug-likeness (QED) is 0.824. The summed E-state index contributed by atoms with van der Waals surface area (Å²) in [6.07, 6.45) is 2.05. The van der Waals surface area contributed by atoms with Gasteiger partial charge in [-0.15, -0.1) is 0 Å². The molecule has 142 valence electrons. The molecule has 2 fully saturated rings. The van der Waals surface area contributed by atoms with Crippen LogP contribution in [0.15, 0.2) is 29.2 Å². The van der Waals surface area contributed by atoms with Gasteiger partial charge in [-0.2, -0.15) is 8.78 Å². The number of benzene rings is 1. The summed E-state index contributed by atoms with van der Waals surface area (Å²) in [4.78, 5) is 24.9. The molecule has 2 amide bonds. The number of hydrogen-bond donors (Lipinski definition) is 2. The van der Waals surface area contributed by atoms with Gasteiger partial charge in [-0.3, -0.25) is 4.79 Å². The van der Waals surface area contributed by atoms with Crippen LogP contribution in [-0.2, 0) is 14.6 Å². The number of carboxylic acid groups (broad SMARTS) is 1. The number of hydrogen-bond acceptors (Lipinski definition) is 4. The van der Waals surface area contributed by atoms with E-state index in [2.05, 4.69) is 5.32 Å². The van der Waals surface area contributed by atoms with Crippen molar-refractivity contribution in [3.05, 3.63) is 24.3 Å². The van der Waals surface area contributed by atoms with E-state index in [1.807, 2.05) is 0 Å². The second-order valence-corrected chi connectivity index (χ2v) is 8.61. The maximum absolute atomic E-state index is 12.6. The zero-order valence-electron chi connectivity index (χ0n) is 13.7. The van der Waals surface area contributed by atoms with E-state index in [1.165, 1.54) is 17.0 Å². The van der Waals surface area contributed by atoms with Gasteiger partial charge in [0, 0.05) is 18.8 Å². The summed E-state index contributed by atoms with van der Waals surface area (Å²) < 4.78 is 48.4. The SMILES string of the molecule is O=C(Nc1cccc(S(=O)(=O)C(F)F)c1)N1C[C@@H]2CCC[C@@]2(C(=O)O)C1. The van der Waals surface area contributed by atoms with Gasteiger partial charge in [0.2, 0.25) is 9.84 Å². The van der Waals surface area contributed by atoms with E-state index >= 15 is 0 Å². The van der Waals surface area contributed by atoms with Crippen LogP contribution in [0.2, 0.25) is 0 Å². The van der Waals surface area contributed by atoms with Gasteiger partial charge in [0.05, 0.1) is 10.3 Å². The van der Waals surface area contributed by atoms with Crippen LogP contribution in [0.4, 0.5) is 19.3 Å². The molecule has 0 spiro atoms. The number of aliphatic carboxylic acids is 1. The van der Waals surface area contributed by atoms with E-state index < -0.39 is 37.9 Å². The van der Waals surface area contributed by atoms with Crippen molar-refractivity contribution in [2.45, 2.75) is 29.9 Å². The number of carbonyl (C=O) groups excluding carboxylic acids is 1. The number of sulfone groups is 1. The Hall–Kier alpha value is -2.23. The number of likely N-dealkylation sites (tertiary alicyclic amines) is 1. The fraction of sp³-hybridized carbons (Fsp3) is 0.500. The highest BCUT2D eigenvalue weighted by Crippen LogP contribution is 2.48. The summed E-state index contributed by atoms with van der Waals surface area (Å²) in [5.74, 6) is -4.58. The molecule has 2 atom stereocenters. The maximum atomic E-state index is 12.6. The normalized spacial score (nSPS) is 25.3. The minimum absolute atomic E-state index is 0.0539. The van der Waals surface area contributed by atoms with Gasteiger partial charge in [0.15, 0.2) is 0 Å². The molecule has 1 saturated heterocycles. The lowest BCUT2D eigenvalue weighted by molar-refractivity contribution is -0.149. The van der Waals surface area contributed by atoms with Gasteiger partial charge >= 0.3 is 17.8 Å². The van der Waals surface area contributed by atoms with Crippen LogP contribution in [0.25, 0.3) is 0 Å². The second kappa shape index (κ2) is 6.49. The summed E-state index contributed by atoms with van der Waals surface area (Å²) in [6.45, 7) is 0.376. The number of alkyl halides is 2. The lowest BCUT2D eigenvalue weighted by Gasteiger charge is -2.23. The third kappa shape index (κ3) is 3.02. The van der Waals surface area contributed by atoms with Crippen molar-refractivity contribution in [1.29, 1.82) is 0 Å². The minimum Gasteiger partial charge on any atom is -0.481 e. The van der Waals surface area contributed by atoms with E-state index in [0.717, 1.165) is 25.0 Å². The molecule has 2 N–H and O–H groups in total. The van der Waals surface area contributed by atoms with E-state index in [1.54, 1.807) is 0 Å². The largest absolute Gasteiger partial charge is 0.481 e. The maximum Gasteiger partial charge on any atom is 0.341 e. The van der Waals surface area contributed by atoms with E-state index in [4.69, 9.17) is 0 Å². The number of urea groups is 1. The average molecular weight is 388 g/mol. The van der Waals surface area contributed by atoms with Crippen molar-refractivity contribution in [3.63, 3.8) is 0 Å². The number of halogens is 2. The number of carboxylic acids is 1. The zero-order chi connectivity index (χ0) is 19.1. The van der Waals surface area contributed by atoms with Crippen LogP contribution in [0.3, 0.4) is 0 Å². The molecule has 0 bridgehead atoms. The molecule has 0 unspecified atom stereocenters. The summed E-state index contributed by atoms with van der Waals surface area (Å²) in [5, 5.41) is 12.0. The molecule has 0 aromatic heterocycles. The van der Waals surface area contributed by atoms with Crippen molar-refractivity contribution in [2.24, 2.45) is 11.3 Å². The Bertz CT molecular complexity index is 845. The highest BCUT2D eigenvalue weighted by Gasteiger charge is 2.55. The summed E-state index contributed by atoms with van der Waals surface area (Å²) in [6, 6.07) is 4.04. The van der Waals surface area contributed by atoms with Crippen molar-refractivity contribution in [1.82, 2.24) is 4.90 Å². The highest BCUT2D eigenvalue weighted by molar-refractivity contribution is 7.91. The van der Waals surface area contributed by atoms with Gasteiger partial charge in [-0.1, -0.05) is 12.5 Å². The Morgan fingerprint density at radius 1 is 1.35 bits per heavy atom. The Labute approximate surface area is 148 Å². The highest BCUT2D eigenvalue weighted by atomic mass is 32.2. The molecule has 2 aliphatic rings. The number of nitrogens with one attached hydrogen (secondary N) is 1. The summed E-state index contributed by atoms with van der Waals surface area (Å²) in [7, 11) is -4.76. The molecule has 1 heterocycles. The standard InChI is InChI=1S/C16H18F2N2O5S/c17-14(18)26(24,25)12-5-1-4-11(7-12)19-15(23)20-8-10-3-2-6-16(10,9-20)13(21)22/h1,4-5,7,10,14H,2-3,6,8-9H2,(H,19,23)(H,21,22)/t10-,16+/m0/s1. The molecule has 3 rings (SSSR count). The first-order chi connectivity index (χ1) is 12.2. The summed E-state index contributed by atoms with van der Waals surface area (Å²) in [5.41, 5.74) is -0.878. The van der Waals surface area contributed by atoms with Crippen LogP contribution in [0.5, 0.6) is 0 Å². The Morgan fingerprint density at radius 3 is 2.69 bits per heavy atom. The Kier molecular flexibility index (Phi) is 4.63. The molecule has 0 radical (unpaired) electrons. The van der Waals surface area contributed by atoms with E-state index in [0.29, 0.717) is 13.0 Å². The molecule has 26 heavy (non-hydrogen) atoms. The number of nitrogens with zero attached hydrogens (tertiary/aromatic N) is 1. The molecule has 1 aliphatic carbocycles. The van der Waals surface area contributed by atoms with Crippen LogP contribution >= 0.6 is 0 Å². The van der Waals surface area contributed by atoms with Crippen molar-refractivity contribution in [2.75, 3.05) is 18.4 Å². The molecule has 7 nitrogen and oxygen atoms in total. The predicted octanol–water partition coefficient (Wildman–Crippen LogP) is 2.40. The van der Waals surface area contributed by atoms with Gasteiger partial charge in [-0.05, 0) is 37.0 Å². The number of rotatable bonds is 4. The fourth-order valence-electron chi connectivity index (χ4n) is 3.85. The van der Waals surface area contributed by atoms with Crippen LogP contribution in [0.1, 0.15) is 19.3 Å². The van der Waals surface area contributed by atoms with Crippen LogP contribution in [0, 0.1) is 11.3 Å². The molecule has 1 saturated carbocycles. The monoisotopic (exact) mass is 388 g/mol. The lowest BCUT2D eigenvalue weighted by atomic mass is 9.81. The van der Waals surface area contributed by atoms with Crippen molar-refractivity contribution in [3.8, 4) is 0 Å². The van der Waals surface area contributed by atoms with Gasteiger partial charge < -0.3 is 15.3 Å². The molecule has 1 aromatic rings. The van der Waals surface area contributed by atoms with Crippen molar-refractivity contribution >= 4 is 27.5 Å². The first-order valence-corrected chi connectivity index (χ1v) is 9.63. The van der Waals surface area contributed by atoms with Gasteiger partial charge in [0.25, 0.3) is 0 Å². The molecule has 10 heteroatoms. The number of anilines is 1. The first kappa shape index (κ1) is 18.6. The number of fused-ring (bicyclic) bond motifs is 1. The lowest BCUT2D eigenvalue weighted by Crippen LogP contribution is -2.38. The zero-order valence-corrected chi connectivity index (χ0v) is 14.5. The number of amides is 2. The second-order valence-electron chi connectivity index (χ2n) is 6.69. The van der Waals surface area contributed by atoms with Crippen LogP contribution < -0.4 is 5.32 Å². The smallest absolute Gasteiger partial charge is 0.341 e. The predicted molar refractivity (Wildman–Crippen MR) is 87.6 cm³/mol.